The SMILES string of the molecule is CCCCCCCCCC/C=C\CCCCCCCCCCCCCCCCCCCC(=O)OCC(COC(=O)CCCCCCC)OC(=O)CCCCCCCCCCCCCCCCCCCCCCCCCCC. The van der Waals surface area contributed by atoms with E-state index in [1.807, 2.05) is 0 Å². The zero-order valence-electron chi connectivity index (χ0n) is 52.5. The Bertz CT molecular complexity index is 1200. The highest BCUT2D eigenvalue weighted by Crippen LogP contribution is 2.19. The Kier molecular flexibility index (Phi) is 65.1. The number of carbonyl (C=O) groups excluding carboxylic acids is 3. The number of ether oxygens (including phenoxy) is 3. The summed E-state index contributed by atoms with van der Waals surface area (Å²) in [5.41, 5.74) is 0. The zero-order valence-corrected chi connectivity index (χ0v) is 52.5. The van der Waals surface area contributed by atoms with E-state index in [1.165, 1.54) is 302 Å². The van der Waals surface area contributed by atoms with Crippen LogP contribution < -0.4 is 0 Å². The number of allylic oxidation sites excluding steroid dienone is 2. The molecule has 0 aliphatic rings. The van der Waals surface area contributed by atoms with Crippen molar-refractivity contribution >= 4 is 17.9 Å². The van der Waals surface area contributed by atoms with Crippen LogP contribution >= 0.6 is 0 Å². The summed E-state index contributed by atoms with van der Waals surface area (Å²) in [5, 5.41) is 0. The van der Waals surface area contributed by atoms with Crippen LogP contribution in [0.1, 0.15) is 406 Å². The molecule has 0 aromatic carbocycles. The van der Waals surface area contributed by atoms with Gasteiger partial charge in [-0.15, -0.1) is 0 Å². The van der Waals surface area contributed by atoms with Gasteiger partial charge in [0, 0.05) is 19.3 Å². The molecular formula is C71H136O6. The first-order valence-corrected chi connectivity index (χ1v) is 35.2. The Hall–Kier alpha value is -1.85. The molecular weight excluding hydrogens is 949 g/mol. The van der Waals surface area contributed by atoms with Gasteiger partial charge in [0.2, 0.25) is 0 Å². The summed E-state index contributed by atoms with van der Waals surface area (Å²) in [5.74, 6) is -0.847. The fourth-order valence-electron chi connectivity index (χ4n) is 11.0. The third-order valence-corrected chi connectivity index (χ3v) is 16.3. The lowest BCUT2D eigenvalue weighted by Gasteiger charge is -2.18. The molecule has 0 saturated heterocycles. The summed E-state index contributed by atoms with van der Waals surface area (Å²) < 4.78 is 16.8. The Morgan fingerprint density at radius 3 is 0.649 bits per heavy atom. The maximum Gasteiger partial charge on any atom is 0.306 e. The third-order valence-electron chi connectivity index (χ3n) is 16.3. The number of carbonyl (C=O) groups is 3. The molecule has 0 aromatic heterocycles. The fraction of sp³-hybridized carbons (Fsp3) is 0.930. The van der Waals surface area contributed by atoms with Crippen LogP contribution in [0.3, 0.4) is 0 Å². The first-order chi connectivity index (χ1) is 38.0. The maximum absolute atomic E-state index is 12.9. The molecule has 1 atom stereocenters. The van der Waals surface area contributed by atoms with Crippen molar-refractivity contribution in [3.05, 3.63) is 12.2 Å². The van der Waals surface area contributed by atoms with Crippen LogP contribution in [0.2, 0.25) is 0 Å². The van der Waals surface area contributed by atoms with Crippen molar-refractivity contribution in [2.75, 3.05) is 13.2 Å². The Labute approximate surface area is 481 Å². The van der Waals surface area contributed by atoms with Crippen LogP contribution in [-0.2, 0) is 28.6 Å². The molecule has 6 nitrogen and oxygen atoms in total. The van der Waals surface area contributed by atoms with Crippen molar-refractivity contribution in [3.63, 3.8) is 0 Å². The second-order valence-electron chi connectivity index (χ2n) is 24.2. The first kappa shape index (κ1) is 75.2. The average molecular weight is 1090 g/mol. The lowest BCUT2D eigenvalue weighted by atomic mass is 10.0. The Balaban J connectivity index is 3.91. The molecule has 0 amide bonds. The molecule has 1 unspecified atom stereocenters. The number of esters is 3. The second-order valence-corrected chi connectivity index (χ2v) is 24.2. The molecule has 77 heavy (non-hydrogen) atoms. The summed E-state index contributed by atoms with van der Waals surface area (Å²) in [4.78, 5) is 38.0. The van der Waals surface area contributed by atoms with Gasteiger partial charge in [0.25, 0.3) is 0 Å². The zero-order chi connectivity index (χ0) is 55.7. The number of rotatable bonds is 66. The van der Waals surface area contributed by atoms with Gasteiger partial charge in [0.15, 0.2) is 6.10 Å². The predicted octanol–water partition coefficient (Wildman–Crippen LogP) is 24.0. The average Bonchev–Trinajstić information content (AvgIpc) is 3.43. The molecule has 0 radical (unpaired) electrons. The second kappa shape index (κ2) is 66.7. The highest BCUT2D eigenvalue weighted by molar-refractivity contribution is 5.71. The van der Waals surface area contributed by atoms with Crippen molar-refractivity contribution < 1.29 is 28.6 Å². The standard InChI is InChI=1S/C71H136O6/c1-4-7-10-13-15-17-19-21-23-25-27-29-31-33-34-35-36-38-39-41-43-45-47-49-51-53-55-58-61-64-70(73)76-67-68(66-75-69(72)63-60-57-12-9-6-3)77-71(74)65-62-59-56-54-52-50-48-46-44-42-40-37-32-30-28-26-24-22-20-18-16-14-11-8-5-2/h25,27,68H,4-24,26,28-67H2,1-3H3/b27-25-. The van der Waals surface area contributed by atoms with E-state index in [4.69, 9.17) is 14.2 Å². The summed E-state index contributed by atoms with van der Waals surface area (Å²) in [7, 11) is 0. The van der Waals surface area contributed by atoms with Gasteiger partial charge < -0.3 is 14.2 Å². The van der Waals surface area contributed by atoms with Crippen molar-refractivity contribution in [2.24, 2.45) is 0 Å². The molecule has 0 rings (SSSR count). The van der Waals surface area contributed by atoms with E-state index in [-0.39, 0.29) is 31.1 Å². The molecule has 0 aliphatic carbocycles. The summed E-state index contributed by atoms with van der Waals surface area (Å²) in [6, 6.07) is 0. The minimum absolute atomic E-state index is 0.0639. The number of unbranched alkanes of at least 4 members (excludes halogenated alkanes) is 53. The van der Waals surface area contributed by atoms with Crippen LogP contribution in [0.4, 0.5) is 0 Å². The van der Waals surface area contributed by atoms with E-state index >= 15 is 0 Å². The minimum atomic E-state index is -0.763. The van der Waals surface area contributed by atoms with Gasteiger partial charge in [-0.1, -0.05) is 354 Å². The highest BCUT2D eigenvalue weighted by atomic mass is 16.6. The van der Waals surface area contributed by atoms with Crippen molar-refractivity contribution in [2.45, 2.75) is 412 Å². The molecule has 0 spiro atoms. The Morgan fingerprint density at radius 1 is 0.247 bits per heavy atom. The topological polar surface area (TPSA) is 78.9 Å². The van der Waals surface area contributed by atoms with Gasteiger partial charge in [-0.2, -0.15) is 0 Å². The lowest BCUT2D eigenvalue weighted by Crippen LogP contribution is -2.30. The molecule has 0 aromatic rings. The molecule has 0 N–H and O–H groups in total. The van der Waals surface area contributed by atoms with Crippen molar-refractivity contribution in [1.29, 1.82) is 0 Å². The van der Waals surface area contributed by atoms with Crippen LogP contribution in [-0.4, -0.2) is 37.2 Å². The Morgan fingerprint density at radius 2 is 0.429 bits per heavy atom. The van der Waals surface area contributed by atoms with E-state index in [9.17, 15) is 14.4 Å². The maximum atomic E-state index is 12.9. The van der Waals surface area contributed by atoms with Gasteiger partial charge in [-0.05, 0) is 44.9 Å². The highest BCUT2D eigenvalue weighted by Gasteiger charge is 2.19. The fourth-order valence-corrected chi connectivity index (χ4v) is 11.0. The first-order valence-electron chi connectivity index (χ1n) is 35.2. The smallest absolute Gasteiger partial charge is 0.306 e. The normalized spacial score (nSPS) is 12.0. The largest absolute Gasteiger partial charge is 0.462 e. The van der Waals surface area contributed by atoms with E-state index in [2.05, 4.69) is 32.9 Å². The van der Waals surface area contributed by atoms with E-state index in [0.29, 0.717) is 19.3 Å². The third kappa shape index (κ3) is 64.9. The monoisotopic (exact) mass is 1090 g/mol. The number of hydrogen-bond acceptors (Lipinski definition) is 6. The van der Waals surface area contributed by atoms with E-state index in [0.717, 1.165) is 64.2 Å². The van der Waals surface area contributed by atoms with Gasteiger partial charge in [-0.3, -0.25) is 14.4 Å². The predicted molar refractivity (Wildman–Crippen MR) is 335 cm³/mol. The van der Waals surface area contributed by atoms with Gasteiger partial charge in [0.1, 0.15) is 13.2 Å². The molecule has 0 bridgehead atoms. The molecule has 0 heterocycles. The quantitative estimate of drug-likeness (QED) is 0.0261. The van der Waals surface area contributed by atoms with E-state index in [1.54, 1.807) is 0 Å². The van der Waals surface area contributed by atoms with Gasteiger partial charge in [-0.25, -0.2) is 0 Å². The van der Waals surface area contributed by atoms with Crippen LogP contribution in [0.25, 0.3) is 0 Å². The van der Waals surface area contributed by atoms with E-state index < -0.39 is 6.10 Å². The minimum Gasteiger partial charge on any atom is -0.462 e. The summed E-state index contributed by atoms with van der Waals surface area (Å²) >= 11 is 0. The van der Waals surface area contributed by atoms with Gasteiger partial charge >= 0.3 is 17.9 Å². The molecule has 456 valence electrons. The molecule has 0 saturated carbocycles. The van der Waals surface area contributed by atoms with Crippen LogP contribution in [0.15, 0.2) is 12.2 Å². The van der Waals surface area contributed by atoms with Crippen LogP contribution in [0, 0.1) is 0 Å². The molecule has 0 fully saturated rings. The summed E-state index contributed by atoms with van der Waals surface area (Å²) in [6.45, 7) is 6.64. The summed E-state index contributed by atoms with van der Waals surface area (Å²) in [6.07, 6.45) is 80.2. The molecule has 6 heteroatoms. The molecule has 0 aliphatic heterocycles. The van der Waals surface area contributed by atoms with Crippen molar-refractivity contribution in [1.82, 2.24) is 0 Å². The number of hydrogen-bond donors (Lipinski definition) is 0. The van der Waals surface area contributed by atoms with Crippen molar-refractivity contribution in [3.8, 4) is 0 Å². The van der Waals surface area contributed by atoms with Crippen LogP contribution in [0.5, 0.6) is 0 Å². The lowest BCUT2D eigenvalue weighted by molar-refractivity contribution is -0.167. The van der Waals surface area contributed by atoms with Gasteiger partial charge in [0.05, 0.1) is 0 Å².